The summed E-state index contributed by atoms with van der Waals surface area (Å²) in [4.78, 5) is 0. The third kappa shape index (κ3) is 4.62. The van der Waals surface area contributed by atoms with Crippen LogP contribution >= 0.6 is 0 Å². The van der Waals surface area contributed by atoms with Crippen molar-refractivity contribution in [3.05, 3.63) is 34.9 Å². The van der Waals surface area contributed by atoms with Crippen molar-refractivity contribution in [2.24, 2.45) is 5.73 Å². The zero-order valence-electron chi connectivity index (χ0n) is 10.8. The quantitative estimate of drug-likeness (QED) is 0.509. The van der Waals surface area contributed by atoms with E-state index in [4.69, 9.17) is 11.1 Å². The van der Waals surface area contributed by atoms with Crippen molar-refractivity contribution in [3.63, 3.8) is 0 Å². The lowest BCUT2D eigenvalue weighted by molar-refractivity contribution is -0.324. The molecule has 3 nitrogen and oxygen atoms in total. The van der Waals surface area contributed by atoms with Crippen LogP contribution in [0.2, 0.25) is 0 Å². The van der Waals surface area contributed by atoms with Gasteiger partial charge in [0.25, 0.3) is 0 Å². The second kappa shape index (κ2) is 5.92. The summed E-state index contributed by atoms with van der Waals surface area (Å²) >= 11 is 0. The molecule has 0 radical (unpaired) electrons. The Hall–Kier alpha value is -1.77. The molecule has 0 heterocycles. The first-order valence-electron chi connectivity index (χ1n) is 5.62. The van der Waals surface area contributed by atoms with Gasteiger partial charge in [0.05, 0.1) is 6.61 Å². The highest BCUT2D eigenvalue weighted by Gasteiger charge is 2.57. The molecule has 0 spiro atoms. The summed E-state index contributed by atoms with van der Waals surface area (Å²) in [6, 6.07) is 3.98. The normalized spacial score (nSPS) is 12.8. The van der Waals surface area contributed by atoms with Gasteiger partial charge in [-0.05, 0) is 24.1 Å². The monoisotopic (exact) mass is 314 g/mol. The van der Waals surface area contributed by atoms with E-state index in [1.54, 1.807) is 0 Å². The van der Waals surface area contributed by atoms with Gasteiger partial charge in [-0.1, -0.05) is 12.1 Å². The Morgan fingerprint density at radius 1 is 1.19 bits per heavy atom. The van der Waals surface area contributed by atoms with Crippen LogP contribution in [0.1, 0.15) is 16.7 Å². The summed E-state index contributed by atoms with van der Waals surface area (Å²) < 4.78 is 77.8. The fourth-order valence-corrected chi connectivity index (χ4v) is 1.57. The average Bonchev–Trinajstić information content (AvgIpc) is 2.27. The number of amidine groups is 1. The Balaban J connectivity index is 2.89. The van der Waals surface area contributed by atoms with Gasteiger partial charge < -0.3 is 10.5 Å². The predicted molar refractivity (Wildman–Crippen MR) is 62.9 cm³/mol. The standard InChI is InChI=1S/C12H12F6N2O/c1-6-4-7(9(19)20)2-3-8(6)5-21-10(11(13,14)15)12(16,17)18/h2-4,10H,5H2,1H3,(H3,19,20). The molecule has 118 valence electrons. The van der Waals surface area contributed by atoms with Gasteiger partial charge in [-0.15, -0.1) is 0 Å². The van der Waals surface area contributed by atoms with Crippen LogP contribution in [-0.2, 0) is 11.3 Å². The summed E-state index contributed by atoms with van der Waals surface area (Å²) in [5, 5.41) is 7.19. The lowest BCUT2D eigenvalue weighted by Crippen LogP contribution is -2.44. The number of rotatable bonds is 4. The molecule has 9 heteroatoms. The fraction of sp³-hybridized carbons (Fsp3) is 0.417. The average molecular weight is 314 g/mol. The molecule has 1 rings (SSSR count). The van der Waals surface area contributed by atoms with Gasteiger partial charge in [-0.25, -0.2) is 0 Å². The molecular weight excluding hydrogens is 302 g/mol. The maximum atomic E-state index is 12.3. The van der Waals surface area contributed by atoms with E-state index in [9.17, 15) is 26.3 Å². The highest BCUT2D eigenvalue weighted by molar-refractivity contribution is 5.95. The summed E-state index contributed by atoms with van der Waals surface area (Å²) in [5.74, 6) is -0.256. The zero-order chi connectivity index (χ0) is 16.4. The second-order valence-electron chi connectivity index (χ2n) is 4.33. The molecule has 0 saturated carbocycles. The molecule has 21 heavy (non-hydrogen) atoms. The molecule has 3 N–H and O–H groups in total. The fourth-order valence-electron chi connectivity index (χ4n) is 1.57. The number of hydrogen-bond acceptors (Lipinski definition) is 2. The van der Waals surface area contributed by atoms with Gasteiger partial charge in [0.15, 0.2) is 0 Å². The van der Waals surface area contributed by atoms with Crippen molar-refractivity contribution in [3.8, 4) is 0 Å². The molecule has 0 saturated heterocycles. The summed E-state index contributed by atoms with van der Waals surface area (Å²) in [5.41, 5.74) is 6.07. The highest BCUT2D eigenvalue weighted by atomic mass is 19.4. The van der Waals surface area contributed by atoms with Gasteiger partial charge >= 0.3 is 12.4 Å². The van der Waals surface area contributed by atoms with Crippen LogP contribution in [0.25, 0.3) is 0 Å². The van der Waals surface area contributed by atoms with Crippen LogP contribution in [-0.4, -0.2) is 24.3 Å². The van der Waals surface area contributed by atoms with Crippen LogP contribution in [0, 0.1) is 12.3 Å². The van der Waals surface area contributed by atoms with Crippen molar-refractivity contribution >= 4 is 5.84 Å². The molecule has 1 aromatic rings. The number of alkyl halides is 6. The Kier molecular flexibility index (Phi) is 4.87. The Bertz CT molecular complexity index is 509. The van der Waals surface area contributed by atoms with Gasteiger partial charge in [-0.2, -0.15) is 26.3 Å². The number of benzene rings is 1. The molecule has 0 unspecified atom stereocenters. The van der Waals surface area contributed by atoms with Crippen molar-refractivity contribution in [1.82, 2.24) is 0 Å². The van der Waals surface area contributed by atoms with E-state index in [0.29, 0.717) is 11.1 Å². The van der Waals surface area contributed by atoms with Gasteiger partial charge in [-0.3, -0.25) is 5.41 Å². The van der Waals surface area contributed by atoms with Crippen molar-refractivity contribution < 1.29 is 31.1 Å². The largest absolute Gasteiger partial charge is 0.423 e. The van der Waals surface area contributed by atoms with E-state index >= 15 is 0 Å². The summed E-state index contributed by atoms with van der Waals surface area (Å²) in [7, 11) is 0. The first kappa shape index (κ1) is 17.3. The molecule has 1 aromatic carbocycles. The maximum Gasteiger partial charge on any atom is 0.423 e. The minimum absolute atomic E-state index is 0.151. The Morgan fingerprint density at radius 3 is 2.10 bits per heavy atom. The highest BCUT2D eigenvalue weighted by Crippen LogP contribution is 2.36. The first-order chi connectivity index (χ1) is 9.43. The molecular formula is C12H12F6N2O. The van der Waals surface area contributed by atoms with Crippen LogP contribution in [0.15, 0.2) is 18.2 Å². The van der Waals surface area contributed by atoms with Gasteiger partial charge in [0, 0.05) is 5.56 Å². The number of hydrogen-bond donors (Lipinski definition) is 2. The van der Waals surface area contributed by atoms with Crippen LogP contribution in [0.5, 0.6) is 0 Å². The smallest absolute Gasteiger partial charge is 0.384 e. The molecule has 0 aliphatic heterocycles. The summed E-state index contributed by atoms with van der Waals surface area (Å²) in [6.45, 7) is 0.620. The molecule has 0 bridgehead atoms. The topological polar surface area (TPSA) is 59.1 Å². The van der Waals surface area contributed by atoms with Crippen molar-refractivity contribution in [2.75, 3.05) is 0 Å². The molecule has 0 atom stereocenters. The third-order valence-corrected chi connectivity index (χ3v) is 2.65. The van der Waals surface area contributed by atoms with Gasteiger partial charge in [0.2, 0.25) is 6.10 Å². The first-order valence-corrected chi connectivity index (χ1v) is 5.62. The number of nitrogens with two attached hydrogens (primary N) is 1. The molecule has 0 aromatic heterocycles. The minimum atomic E-state index is -5.54. The molecule has 0 aliphatic carbocycles. The number of halogens is 6. The minimum Gasteiger partial charge on any atom is -0.384 e. The van der Waals surface area contributed by atoms with Gasteiger partial charge in [0.1, 0.15) is 5.84 Å². The lowest BCUT2D eigenvalue weighted by Gasteiger charge is -2.23. The SMILES string of the molecule is Cc1cc(C(=N)N)ccc1COC(C(F)(F)F)C(F)(F)F. The van der Waals surface area contributed by atoms with E-state index in [0.717, 1.165) is 0 Å². The van der Waals surface area contributed by atoms with E-state index in [1.807, 2.05) is 0 Å². The van der Waals surface area contributed by atoms with Crippen molar-refractivity contribution in [1.29, 1.82) is 5.41 Å². The van der Waals surface area contributed by atoms with E-state index in [-0.39, 0.29) is 11.4 Å². The maximum absolute atomic E-state index is 12.3. The van der Waals surface area contributed by atoms with E-state index < -0.39 is 25.1 Å². The third-order valence-electron chi connectivity index (χ3n) is 2.65. The molecule has 0 fully saturated rings. The zero-order valence-corrected chi connectivity index (χ0v) is 10.8. The summed E-state index contributed by atoms with van der Waals surface area (Å²) in [6.07, 6.45) is -14.9. The molecule has 0 aliphatic rings. The lowest BCUT2D eigenvalue weighted by atomic mass is 10.1. The predicted octanol–water partition coefficient (Wildman–Crippen LogP) is 3.29. The van der Waals surface area contributed by atoms with E-state index in [1.165, 1.54) is 25.1 Å². The van der Waals surface area contributed by atoms with Crippen LogP contribution in [0.4, 0.5) is 26.3 Å². The number of nitrogen functional groups attached to an aromatic ring is 1. The van der Waals surface area contributed by atoms with E-state index in [2.05, 4.69) is 4.74 Å². The number of aryl methyl sites for hydroxylation is 1. The van der Waals surface area contributed by atoms with Crippen molar-refractivity contribution in [2.45, 2.75) is 32.0 Å². The Morgan fingerprint density at radius 2 is 1.71 bits per heavy atom. The number of ether oxygens (including phenoxy) is 1. The van der Waals surface area contributed by atoms with Crippen LogP contribution in [0.3, 0.4) is 0 Å². The molecule has 0 amide bonds. The Labute approximate surface area is 116 Å². The number of nitrogens with one attached hydrogen (secondary N) is 1. The van der Waals surface area contributed by atoms with Crippen LogP contribution < -0.4 is 5.73 Å². The second-order valence-corrected chi connectivity index (χ2v) is 4.33.